The number of piperidine rings is 1. The van der Waals surface area contributed by atoms with Crippen LogP contribution >= 0.6 is 0 Å². The first-order chi connectivity index (χ1) is 17.3. The highest BCUT2D eigenvalue weighted by Gasteiger charge is 2.27. The molecule has 3 aromatic rings. The highest BCUT2D eigenvalue weighted by molar-refractivity contribution is 7.88. The molecule has 1 saturated heterocycles. The van der Waals surface area contributed by atoms with Gasteiger partial charge in [0.1, 0.15) is 0 Å². The summed E-state index contributed by atoms with van der Waals surface area (Å²) in [5.41, 5.74) is 5.68. The number of benzene rings is 2. The van der Waals surface area contributed by atoms with E-state index in [1.165, 1.54) is 18.9 Å². The lowest BCUT2D eigenvalue weighted by Gasteiger charge is -2.30. The Labute approximate surface area is 212 Å². The molecule has 1 N–H and O–H groups in total. The van der Waals surface area contributed by atoms with Crippen molar-refractivity contribution >= 4 is 15.7 Å². The van der Waals surface area contributed by atoms with E-state index in [4.69, 9.17) is 4.74 Å². The summed E-state index contributed by atoms with van der Waals surface area (Å²) >= 11 is 0. The molecule has 0 amide bonds. The fourth-order valence-electron chi connectivity index (χ4n) is 4.99. The molecule has 2 aromatic carbocycles. The van der Waals surface area contributed by atoms with Crippen LogP contribution in [0.4, 0.5) is 0 Å². The van der Waals surface area contributed by atoms with Gasteiger partial charge >= 0.3 is 0 Å². The van der Waals surface area contributed by atoms with Crippen LogP contribution in [0.25, 0.3) is 0 Å². The normalized spacial score (nSPS) is 16.6. The molecule has 1 fully saturated rings. The van der Waals surface area contributed by atoms with Gasteiger partial charge in [-0.05, 0) is 54.0 Å². The number of hydrogen-bond donors (Lipinski definition) is 1. The molecule has 0 bridgehead atoms. The lowest BCUT2D eigenvalue weighted by Crippen LogP contribution is -2.37. The Morgan fingerprint density at radius 1 is 1.14 bits per heavy atom. The van der Waals surface area contributed by atoms with Gasteiger partial charge in [0, 0.05) is 25.4 Å². The third-order valence-electron chi connectivity index (χ3n) is 7.01. The monoisotopic (exact) mass is 508 g/mol. The highest BCUT2D eigenvalue weighted by Crippen LogP contribution is 2.35. The van der Waals surface area contributed by atoms with Crippen LogP contribution in [0, 0.1) is 6.92 Å². The molecular formula is C27H32N4O4S. The largest absolute Gasteiger partial charge is 0.479 e. The molecule has 1 aromatic heterocycles. The maximum atomic E-state index is 11.9. The lowest BCUT2D eigenvalue weighted by molar-refractivity contribution is 0.317. The second-order valence-corrected chi connectivity index (χ2v) is 11.2. The molecule has 2 heterocycles. The fraction of sp³-hybridized carbons (Fsp3) is 0.370. The zero-order valence-electron chi connectivity index (χ0n) is 20.8. The Kier molecular flexibility index (Phi) is 8.01. The van der Waals surface area contributed by atoms with Crippen LogP contribution in [0.2, 0.25) is 0 Å². The van der Waals surface area contributed by atoms with Crippen molar-refractivity contribution in [3.05, 3.63) is 88.6 Å². The molecule has 8 nitrogen and oxygen atoms in total. The van der Waals surface area contributed by atoms with Crippen LogP contribution in [-0.2, 0) is 10.0 Å². The zero-order valence-corrected chi connectivity index (χ0v) is 21.6. The van der Waals surface area contributed by atoms with Gasteiger partial charge in [0.2, 0.25) is 15.9 Å². The van der Waals surface area contributed by atoms with Gasteiger partial charge in [-0.2, -0.15) is 5.10 Å². The second-order valence-electron chi connectivity index (χ2n) is 9.22. The molecule has 190 valence electrons. The van der Waals surface area contributed by atoms with Gasteiger partial charge in [0.25, 0.3) is 0 Å². The number of methoxy groups -OCH3 is 1. The average Bonchev–Trinajstić information content (AvgIpc) is 2.90. The number of aryl methyl sites for hydroxylation is 1. The first-order valence-corrected chi connectivity index (χ1v) is 13.8. The number of oxime groups is 1. The van der Waals surface area contributed by atoms with Crippen LogP contribution in [0.1, 0.15) is 58.9 Å². The second kappa shape index (κ2) is 11.2. The maximum absolute atomic E-state index is 11.9. The van der Waals surface area contributed by atoms with Crippen molar-refractivity contribution in [3.63, 3.8) is 0 Å². The Bertz CT molecular complexity index is 1320. The minimum Gasteiger partial charge on any atom is -0.479 e. The smallest absolute Gasteiger partial charge is 0.242 e. The quantitative estimate of drug-likeness (QED) is 0.276. The van der Waals surface area contributed by atoms with Crippen molar-refractivity contribution in [2.75, 3.05) is 26.5 Å². The van der Waals surface area contributed by atoms with E-state index in [-0.39, 0.29) is 5.92 Å². The molecule has 1 aliphatic heterocycles. The molecule has 1 atom stereocenters. The third-order valence-corrected chi connectivity index (χ3v) is 8.31. The van der Waals surface area contributed by atoms with Crippen molar-refractivity contribution in [1.29, 1.82) is 0 Å². The Morgan fingerprint density at radius 3 is 2.44 bits per heavy atom. The maximum Gasteiger partial charge on any atom is 0.242 e. The van der Waals surface area contributed by atoms with E-state index in [0.29, 0.717) is 42.6 Å². The third kappa shape index (κ3) is 5.74. The molecule has 4 rings (SSSR count). The zero-order chi connectivity index (χ0) is 25.7. The Balaban J connectivity index is 1.62. The van der Waals surface area contributed by atoms with Crippen LogP contribution < -0.4 is 4.74 Å². The van der Waals surface area contributed by atoms with Gasteiger partial charge in [-0.25, -0.2) is 12.7 Å². The molecular weight excluding hydrogens is 476 g/mol. The van der Waals surface area contributed by atoms with Gasteiger partial charge in [0.05, 0.1) is 30.8 Å². The van der Waals surface area contributed by atoms with E-state index in [9.17, 15) is 13.6 Å². The van der Waals surface area contributed by atoms with E-state index in [1.54, 1.807) is 16.6 Å². The molecule has 0 radical (unpaired) electrons. The van der Waals surface area contributed by atoms with E-state index in [1.807, 2.05) is 12.1 Å². The summed E-state index contributed by atoms with van der Waals surface area (Å²) in [6, 6.07) is 18.5. The molecule has 0 aliphatic carbocycles. The summed E-state index contributed by atoms with van der Waals surface area (Å²) in [5.74, 6) is 0.580. The Hall–Kier alpha value is -3.30. The van der Waals surface area contributed by atoms with Gasteiger partial charge in [-0.15, -0.1) is 5.10 Å². The number of ether oxygens (including phenoxy) is 1. The Morgan fingerprint density at radius 2 is 1.83 bits per heavy atom. The lowest BCUT2D eigenvalue weighted by atomic mass is 9.82. The topological polar surface area (TPSA) is 105 Å². The molecule has 9 heteroatoms. The van der Waals surface area contributed by atoms with Crippen molar-refractivity contribution in [3.8, 4) is 5.88 Å². The number of hydrogen-bond acceptors (Lipinski definition) is 7. The average molecular weight is 509 g/mol. The molecule has 1 aliphatic rings. The van der Waals surface area contributed by atoms with E-state index in [2.05, 4.69) is 58.7 Å². The summed E-state index contributed by atoms with van der Waals surface area (Å²) in [7, 11) is -1.63. The predicted octanol–water partition coefficient (Wildman–Crippen LogP) is 4.33. The van der Waals surface area contributed by atoms with Crippen molar-refractivity contribution in [2.24, 2.45) is 5.16 Å². The molecule has 0 spiro atoms. The fourth-order valence-corrected chi connectivity index (χ4v) is 5.87. The number of sulfonamides is 1. The van der Waals surface area contributed by atoms with E-state index < -0.39 is 10.0 Å². The van der Waals surface area contributed by atoms with Gasteiger partial charge in [-0.1, -0.05) is 53.7 Å². The minimum absolute atomic E-state index is 0.0592. The summed E-state index contributed by atoms with van der Waals surface area (Å²) in [4.78, 5) is 0. The number of aromatic nitrogens is 2. The minimum atomic E-state index is -3.14. The van der Waals surface area contributed by atoms with Crippen LogP contribution in [0.5, 0.6) is 5.88 Å². The summed E-state index contributed by atoms with van der Waals surface area (Å²) in [6.07, 6.45) is 4.88. The molecule has 0 saturated carbocycles. The van der Waals surface area contributed by atoms with E-state index >= 15 is 0 Å². The summed E-state index contributed by atoms with van der Waals surface area (Å²) in [5, 5.41) is 21.4. The van der Waals surface area contributed by atoms with Crippen LogP contribution in [-0.4, -0.2) is 60.3 Å². The van der Waals surface area contributed by atoms with Gasteiger partial charge < -0.3 is 9.94 Å². The molecule has 36 heavy (non-hydrogen) atoms. The van der Waals surface area contributed by atoms with Crippen molar-refractivity contribution in [2.45, 2.75) is 38.0 Å². The van der Waals surface area contributed by atoms with Crippen molar-refractivity contribution in [1.82, 2.24) is 14.5 Å². The first-order valence-electron chi connectivity index (χ1n) is 12.0. The number of rotatable bonds is 8. The summed E-state index contributed by atoms with van der Waals surface area (Å²) < 4.78 is 30.6. The van der Waals surface area contributed by atoms with Crippen LogP contribution in [0.15, 0.2) is 65.9 Å². The van der Waals surface area contributed by atoms with Crippen LogP contribution in [0.3, 0.4) is 0 Å². The number of nitrogens with zero attached hydrogens (tertiary/aromatic N) is 4. The van der Waals surface area contributed by atoms with Gasteiger partial charge in [-0.3, -0.25) is 0 Å². The van der Waals surface area contributed by atoms with Crippen molar-refractivity contribution < 1.29 is 18.4 Å². The predicted molar refractivity (Wildman–Crippen MR) is 139 cm³/mol. The first kappa shape index (κ1) is 25.8. The SMILES string of the molecule is COc1nnccc1/C(C[C@H](c1ccc(C2CCN(S(C)(=O)=O)CC2)cc1)c1ccccc1C)=N\O. The van der Waals surface area contributed by atoms with E-state index in [0.717, 1.165) is 29.5 Å². The van der Waals surface area contributed by atoms with Gasteiger partial charge in [0.15, 0.2) is 0 Å². The highest BCUT2D eigenvalue weighted by atomic mass is 32.2. The standard InChI is InChI=1S/C27H32N4O4S/c1-19-6-4-5-7-23(19)25(18-26(30-32)24-12-15-28-29-27(24)35-2)22-10-8-20(9-11-22)21-13-16-31(17-14-21)36(3,33)34/h4-12,15,21,25,32H,13-14,16-18H2,1-3H3/b30-26-/t25-/m1/s1. The molecule has 0 unspecified atom stereocenters. The summed E-state index contributed by atoms with van der Waals surface area (Å²) in [6.45, 7) is 3.18.